The van der Waals surface area contributed by atoms with Crippen LogP contribution >= 0.6 is 11.3 Å². The lowest BCUT2D eigenvalue weighted by Gasteiger charge is -2.29. The average Bonchev–Trinajstić information content (AvgIpc) is 4.00. The highest BCUT2D eigenvalue weighted by atomic mass is 32.1. The van der Waals surface area contributed by atoms with Crippen LogP contribution in [-0.4, -0.2) is 0 Å². The van der Waals surface area contributed by atoms with Crippen molar-refractivity contribution in [3.63, 3.8) is 0 Å². The Hall–Kier alpha value is -8.76. The number of anilines is 3. The van der Waals surface area contributed by atoms with E-state index in [1.165, 1.54) is 98.1 Å². The van der Waals surface area contributed by atoms with Crippen molar-refractivity contribution in [1.29, 1.82) is 0 Å². The third-order valence-electron chi connectivity index (χ3n) is 14.1. The largest absolute Gasteiger partial charge is 0.456 e. The molecule has 0 fully saturated rings. The molecule has 2 nitrogen and oxygen atoms in total. The summed E-state index contributed by atoms with van der Waals surface area (Å²) in [6.45, 7) is 0. The van der Waals surface area contributed by atoms with E-state index < -0.39 is 0 Å². The molecule has 0 unspecified atom stereocenters. The van der Waals surface area contributed by atoms with Crippen LogP contribution in [0.1, 0.15) is 0 Å². The van der Waals surface area contributed by atoms with Gasteiger partial charge in [-0.05, 0) is 139 Å². The predicted octanol–water partition coefficient (Wildman–Crippen LogP) is 19.4. The molecule has 69 heavy (non-hydrogen) atoms. The Balaban J connectivity index is 1.00. The summed E-state index contributed by atoms with van der Waals surface area (Å²) in [4.78, 5) is 2.42. The van der Waals surface area contributed by atoms with Crippen LogP contribution in [0.5, 0.6) is 0 Å². The highest BCUT2D eigenvalue weighted by Gasteiger charge is 2.27. The second kappa shape index (κ2) is 16.0. The van der Waals surface area contributed by atoms with Gasteiger partial charge in [0, 0.05) is 53.6 Å². The fourth-order valence-corrected chi connectivity index (χ4v) is 12.1. The Morgan fingerprint density at radius 3 is 1.59 bits per heavy atom. The molecule has 13 aromatic rings. The SMILES string of the molecule is c1ccc(-c2ccc(N(c3ccc(-c4cccc5c4sc4ccccc45)cc3)c3ccc4c(c3)-c3cc(-c5ccccc5)ccc3-c3ccccc3-c3c-4ccc4oc5ccccc5c34)cc2)cc1. The van der Waals surface area contributed by atoms with Crippen molar-refractivity contribution in [2.75, 3.05) is 4.90 Å². The van der Waals surface area contributed by atoms with Gasteiger partial charge in [0.25, 0.3) is 0 Å². The minimum absolute atomic E-state index is 0.889. The molecular weight excluding hydrogens is 855 g/mol. The fourth-order valence-electron chi connectivity index (χ4n) is 10.8. The minimum atomic E-state index is 0.889. The Morgan fingerprint density at radius 1 is 0.290 bits per heavy atom. The van der Waals surface area contributed by atoms with Crippen molar-refractivity contribution in [2.45, 2.75) is 0 Å². The van der Waals surface area contributed by atoms with Crippen molar-refractivity contribution in [1.82, 2.24) is 0 Å². The summed E-state index contributed by atoms with van der Waals surface area (Å²) in [6, 6.07) is 90.9. The van der Waals surface area contributed by atoms with Crippen LogP contribution in [0.2, 0.25) is 0 Å². The lowest BCUT2D eigenvalue weighted by atomic mass is 9.78. The molecule has 0 saturated heterocycles. The zero-order valence-electron chi connectivity index (χ0n) is 37.4. The first-order valence-electron chi connectivity index (χ1n) is 23.6. The van der Waals surface area contributed by atoms with E-state index in [-0.39, 0.29) is 0 Å². The average molecular weight is 896 g/mol. The predicted molar refractivity (Wildman–Crippen MR) is 293 cm³/mol. The smallest absolute Gasteiger partial charge is 0.136 e. The maximum atomic E-state index is 6.58. The molecule has 2 aromatic heterocycles. The molecular formula is C66H41NOS. The maximum absolute atomic E-state index is 6.58. The first-order chi connectivity index (χ1) is 34.2. The van der Waals surface area contributed by atoms with Gasteiger partial charge in [-0.15, -0.1) is 11.3 Å². The van der Waals surface area contributed by atoms with E-state index in [0.29, 0.717) is 0 Å². The molecule has 3 heteroatoms. The summed E-state index contributed by atoms with van der Waals surface area (Å²) in [5.74, 6) is 0. The molecule has 0 aliphatic heterocycles. The third kappa shape index (κ3) is 6.47. The van der Waals surface area contributed by atoms with Crippen LogP contribution in [0.25, 0.3) is 120 Å². The number of furan rings is 1. The molecule has 0 spiro atoms. The summed E-state index contributed by atoms with van der Waals surface area (Å²) >= 11 is 1.87. The minimum Gasteiger partial charge on any atom is -0.456 e. The molecule has 322 valence electrons. The summed E-state index contributed by atoms with van der Waals surface area (Å²) in [5, 5.41) is 4.88. The Morgan fingerprint density at radius 2 is 0.812 bits per heavy atom. The number of hydrogen-bond donors (Lipinski definition) is 0. The van der Waals surface area contributed by atoms with Crippen molar-refractivity contribution in [3.8, 4) is 77.9 Å². The molecule has 14 rings (SSSR count). The van der Waals surface area contributed by atoms with Crippen molar-refractivity contribution >= 4 is 70.5 Å². The summed E-state index contributed by atoms with van der Waals surface area (Å²) in [5.41, 5.74) is 21.7. The molecule has 11 aromatic carbocycles. The number of fused-ring (bicyclic) bond motifs is 15. The van der Waals surface area contributed by atoms with Gasteiger partial charge in [0.05, 0.1) is 0 Å². The number of nitrogens with zero attached hydrogens (tertiary/aromatic N) is 1. The number of para-hydroxylation sites is 1. The highest BCUT2D eigenvalue weighted by Crippen LogP contribution is 2.53. The summed E-state index contributed by atoms with van der Waals surface area (Å²) in [6.07, 6.45) is 0. The van der Waals surface area contributed by atoms with Crippen LogP contribution in [0.4, 0.5) is 17.1 Å². The number of thiophene rings is 1. The van der Waals surface area contributed by atoms with Gasteiger partial charge in [-0.25, -0.2) is 0 Å². The number of benzene rings is 11. The lowest BCUT2D eigenvalue weighted by Crippen LogP contribution is -2.10. The lowest BCUT2D eigenvalue weighted by molar-refractivity contribution is 0.669. The maximum Gasteiger partial charge on any atom is 0.136 e. The Kier molecular flexibility index (Phi) is 9.11. The van der Waals surface area contributed by atoms with Gasteiger partial charge in [-0.1, -0.05) is 182 Å². The molecule has 1 aliphatic carbocycles. The van der Waals surface area contributed by atoms with Gasteiger partial charge < -0.3 is 9.32 Å². The summed E-state index contributed by atoms with van der Waals surface area (Å²) < 4.78 is 9.21. The molecule has 0 atom stereocenters. The van der Waals surface area contributed by atoms with E-state index in [1.54, 1.807) is 0 Å². The van der Waals surface area contributed by atoms with Crippen LogP contribution in [0.15, 0.2) is 253 Å². The Labute approximate surface area is 404 Å². The van der Waals surface area contributed by atoms with Crippen molar-refractivity contribution < 1.29 is 4.42 Å². The van der Waals surface area contributed by atoms with Crippen LogP contribution < -0.4 is 4.90 Å². The zero-order valence-corrected chi connectivity index (χ0v) is 38.3. The van der Waals surface area contributed by atoms with Gasteiger partial charge in [0.1, 0.15) is 11.2 Å². The molecule has 0 bridgehead atoms. The third-order valence-corrected chi connectivity index (χ3v) is 15.3. The standard InChI is InChI=1S/C66H41NOS/c1-3-14-42(15-4-1)44-26-31-47(32-27-44)67(48-33-28-45(29-34-48)50-22-13-23-57-54-19-10-12-25-63(54)69-66(50)57)49-35-37-53-56-38-39-62-65(58-21-9-11-24-61(58)68-62)64(56)55-20-8-7-18-51(55)52-36-30-46(40-59(52)60(53)41-49)43-16-5-2-6-17-43/h1-41H. The van der Waals surface area contributed by atoms with E-state index in [2.05, 4.69) is 254 Å². The van der Waals surface area contributed by atoms with E-state index in [4.69, 9.17) is 4.42 Å². The zero-order chi connectivity index (χ0) is 45.4. The highest BCUT2D eigenvalue weighted by molar-refractivity contribution is 7.26. The first kappa shape index (κ1) is 39.4. The van der Waals surface area contributed by atoms with Crippen LogP contribution in [-0.2, 0) is 0 Å². The quantitative estimate of drug-likeness (QED) is 0.165. The van der Waals surface area contributed by atoms with Crippen LogP contribution in [0.3, 0.4) is 0 Å². The second-order valence-electron chi connectivity index (χ2n) is 17.9. The second-order valence-corrected chi connectivity index (χ2v) is 19.0. The topological polar surface area (TPSA) is 16.4 Å². The van der Waals surface area contributed by atoms with Crippen LogP contribution in [0, 0.1) is 0 Å². The molecule has 0 amide bonds. The van der Waals surface area contributed by atoms with Gasteiger partial charge >= 0.3 is 0 Å². The van der Waals surface area contributed by atoms with Gasteiger partial charge in [0.2, 0.25) is 0 Å². The van der Waals surface area contributed by atoms with E-state index in [9.17, 15) is 0 Å². The molecule has 0 saturated carbocycles. The summed E-state index contributed by atoms with van der Waals surface area (Å²) in [7, 11) is 0. The van der Waals surface area contributed by atoms with Gasteiger partial charge in [-0.2, -0.15) is 0 Å². The molecule has 0 N–H and O–H groups in total. The molecule has 0 radical (unpaired) electrons. The van der Waals surface area contributed by atoms with E-state index in [0.717, 1.165) is 39.0 Å². The van der Waals surface area contributed by atoms with E-state index >= 15 is 0 Å². The van der Waals surface area contributed by atoms with E-state index in [1.807, 2.05) is 11.3 Å². The number of hydrogen-bond acceptors (Lipinski definition) is 3. The van der Waals surface area contributed by atoms with Gasteiger partial charge in [-0.3, -0.25) is 0 Å². The normalized spacial score (nSPS) is 11.8. The molecule has 1 aliphatic rings. The first-order valence-corrected chi connectivity index (χ1v) is 24.4. The van der Waals surface area contributed by atoms with Gasteiger partial charge in [0.15, 0.2) is 0 Å². The van der Waals surface area contributed by atoms with Crippen molar-refractivity contribution in [2.24, 2.45) is 0 Å². The number of rotatable bonds is 6. The fraction of sp³-hybridized carbons (Fsp3) is 0. The Bertz CT molecular complexity index is 4110. The van der Waals surface area contributed by atoms with Crippen molar-refractivity contribution in [3.05, 3.63) is 249 Å². The monoisotopic (exact) mass is 895 g/mol. The molecule has 2 heterocycles.